The molecule has 2 amide bonds. The molecular formula is C12H23AuN3O2. The summed E-state index contributed by atoms with van der Waals surface area (Å²) in [5.74, 6) is 0.231. The molecule has 0 unspecified atom stereocenters. The number of carbonyl (C=O) groups excluding carboxylic acids is 2. The van der Waals surface area contributed by atoms with Crippen molar-refractivity contribution in [3.8, 4) is 0 Å². The maximum absolute atomic E-state index is 10.8. The van der Waals surface area contributed by atoms with Crippen LogP contribution in [0.25, 0.3) is 0 Å². The van der Waals surface area contributed by atoms with E-state index in [4.69, 9.17) is 5.73 Å². The Morgan fingerprint density at radius 1 is 0.944 bits per heavy atom. The summed E-state index contributed by atoms with van der Waals surface area (Å²) in [6, 6.07) is -0.257. The van der Waals surface area contributed by atoms with Crippen LogP contribution in [0.15, 0.2) is 0 Å². The molecule has 0 aromatic carbocycles. The third-order valence-corrected chi connectivity index (χ3v) is 2.98. The van der Waals surface area contributed by atoms with E-state index in [1.54, 1.807) is 0 Å². The fourth-order valence-corrected chi connectivity index (χ4v) is 1.87. The molecule has 2 rings (SSSR count). The zero-order chi connectivity index (χ0) is 12.5. The Bertz CT molecular complexity index is 252. The maximum atomic E-state index is 10.8. The molecule has 2 saturated heterocycles. The van der Waals surface area contributed by atoms with E-state index in [2.05, 4.69) is 10.6 Å². The molecule has 0 aliphatic carbocycles. The average molecular weight is 438 g/mol. The topological polar surface area (TPSA) is 84.2 Å². The van der Waals surface area contributed by atoms with Gasteiger partial charge in [0.15, 0.2) is 0 Å². The molecule has 1 atom stereocenters. The molecule has 2 heterocycles. The van der Waals surface area contributed by atoms with Gasteiger partial charge in [0.2, 0.25) is 11.8 Å². The van der Waals surface area contributed by atoms with E-state index in [-0.39, 0.29) is 40.2 Å². The molecule has 0 aromatic rings. The van der Waals surface area contributed by atoms with E-state index in [1.165, 1.54) is 6.42 Å². The molecule has 0 saturated carbocycles. The minimum absolute atomic E-state index is 0. The zero-order valence-electron chi connectivity index (χ0n) is 10.6. The second-order valence-corrected chi connectivity index (χ2v) is 4.55. The molecule has 18 heavy (non-hydrogen) atoms. The van der Waals surface area contributed by atoms with Gasteiger partial charge in [-0.05, 0) is 32.1 Å². The predicted octanol–water partition coefficient (Wildman–Crippen LogP) is 0.288. The van der Waals surface area contributed by atoms with Crippen molar-refractivity contribution < 1.29 is 32.0 Å². The molecule has 0 bridgehead atoms. The van der Waals surface area contributed by atoms with Gasteiger partial charge in [0, 0.05) is 41.9 Å². The second kappa shape index (κ2) is 10.6. The Kier molecular flexibility index (Phi) is 10.3. The summed E-state index contributed by atoms with van der Waals surface area (Å²) >= 11 is 0. The van der Waals surface area contributed by atoms with Crippen LogP contribution in [0.1, 0.15) is 44.9 Å². The number of hydrogen-bond acceptors (Lipinski definition) is 3. The van der Waals surface area contributed by atoms with Gasteiger partial charge in [-0.2, -0.15) is 0 Å². The molecule has 1 radical (unpaired) electrons. The minimum atomic E-state index is -0.257. The largest absolute Gasteiger partial charge is 0.356 e. The van der Waals surface area contributed by atoms with Crippen molar-refractivity contribution in [1.82, 2.24) is 10.6 Å². The van der Waals surface area contributed by atoms with E-state index >= 15 is 0 Å². The van der Waals surface area contributed by atoms with Crippen molar-refractivity contribution >= 4 is 11.8 Å². The number of rotatable bonds is 0. The van der Waals surface area contributed by atoms with Crippen molar-refractivity contribution in [2.45, 2.75) is 51.0 Å². The van der Waals surface area contributed by atoms with Gasteiger partial charge in [-0.15, -0.1) is 0 Å². The molecule has 6 heteroatoms. The van der Waals surface area contributed by atoms with Crippen molar-refractivity contribution in [3.63, 3.8) is 0 Å². The Balaban J connectivity index is 0.000000306. The fraction of sp³-hybridized carbons (Fsp3) is 0.833. The Labute approximate surface area is 124 Å². The van der Waals surface area contributed by atoms with E-state index in [1.807, 2.05) is 0 Å². The van der Waals surface area contributed by atoms with Crippen LogP contribution in [0, 0.1) is 0 Å². The van der Waals surface area contributed by atoms with Gasteiger partial charge in [0.1, 0.15) is 0 Å². The van der Waals surface area contributed by atoms with Gasteiger partial charge >= 0.3 is 0 Å². The molecule has 0 spiro atoms. The van der Waals surface area contributed by atoms with Crippen molar-refractivity contribution in [3.05, 3.63) is 0 Å². The average Bonchev–Trinajstić information content (AvgIpc) is 2.65. The van der Waals surface area contributed by atoms with Crippen LogP contribution >= 0.6 is 0 Å². The van der Waals surface area contributed by atoms with Gasteiger partial charge in [-0.3, -0.25) is 9.59 Å². The summed E-state index contributed by atoms with van der Waals surface area (Å²) in [4.78, 5) is 21.3. The van der Waals surface area contributed by atoms with Crippen LogP contribution in [0.5, 0.6) is 0 Å². The van der Waals surface area contributed by atoms with Crippen LogP contribution < -0.4 is 16.4 Å². The molecule has 2 aliphatic heterocycles. The van der Waals surface area contributed by atoms with Crippen LogP contribution in [0.4, 0.5) is 0 Å². The molecule has 5 nitrogen and oxygen atoms in total. The number of nitrogens with one attached hydrogen (secondary N) is 2. The minimum Gasteiger partial charge on any atom is -0.356 e. The SMILES string of the molecule is N[C@H]1CCCCNC1=O.O=C1CCCCCN1.[Au]. The van der Waals surface area contributed by atoms with Gasteiger partial charge < -0.3 is 16.4 Å². The third-order valence-electron chi connectivity index (χ3n) is 2.98. The van der Waals surface area contributed by atoms with Gasteiger partial charge in [-0.25, -0.2) is 0 Å². The number of hydrogen-bond donors (Lipinski definition) is 3. The molecule has 2 fully saturated rings. The summed E-state index contributed by atoms with van der Waals surface area (Å²) in [5.41, 5.74) is 5.47. The first-order valence-corrected chi connectivity index (χ1v) is 6.50. The molecular weight excluding hydrogens is 415 g/mol. The smallest absolute Gasteiger partial charge is 0.236 e. The Hall–Kier alpha value is -0.360. The van der Waals surface area contributed by atoms with Crippen molar-refractivity contribution in [2.24, 2.45) is 5.73 Å². The van der Waals surface area contributed by atoms with Crippen LogP contribution in [0.2, 0.25) is 0 Å². The first-order chi connectivity index (χ1) is 8.20. The molecule has 109 valence electrons. The van der Waals surface area contributed by atoms with E-state index < -0.39 is 0 Å². The standard InChI is InChI=1S/C6H12N2O.C6H11NO.Au/c7-5-3-1-2-4-8-6(5)9;8-6-4-2-1-3-5-7-6;/h5H,1-4,7H2,(H,8,9);1-5H2,(H,7,8);/t5-;;/m0../s1. The predicted molar refractivity (Wildman–Crippen MR) is 66.3 cm³/mol. The van der Waals surface area contributed by atoms with Gasteiger partial charge in [0.25, 0.3) is 0 Å². The van der Waals surface area contributed by atoms with Crippen molar-refractivity contribution in [2.75, 3.05) is 13.1 Å². The molecule has 0 aromatic heterocycles. The summed E-state index contributed by atoms with van der Waals surface area (Å²) < 4.78 is 0. The summed E-state index contributed by atoms with van der Waals surface area (Å²) in [7, 11) is 0. The normalized spacial score (nSPS) is 24.2. The second-order valence-electron chi connectivity index (χ2n) is 4.55. The van der Waals surface area contributed by atoms with Gasteiger partial charge in [0.05, 0.1) is 6.04 Å². The van der Waals surface area contributed by atoms with Crippen LogP contribution in [0.3, 0.4) is 0 Å². The number of amides is 2. The Morgan fingerprint density at radius 3 is 2.39 bits per heavy atom. The van der Waals surface area contributed by atoms with E-state index in [9.17, 15) is 9.59 Å². The summed E-state index contributed by atoms with van der Waals surface area (Å²) in [6.45, 7) is 1.69. The number of carbonyl (C=O) groups is 2. The first kappa shape index (κ1) is 17.6. The fourth-order valence-electron chi connectivity index (χ4n) is 1.87. The molecule has 4 N–H and O–H groups in total. The third kappa shape index (κ3) is 7.87. The summed E-state index contributed by atoms with van der Waals surface area (Å²) in [6.07, 6.45) is 7.15. The molecule has 2 aliphatic rings. The summed E-state index contributed by atoms with van der Waals surface area (Å²) in [5, 5.41) is 5.54. The van der Waals surface area contributed by atoms with Gasteiger partial charge in [-0.1, -0.05) is 6.42 Å². The van der Waals surface area contributed by atoms with E-state index in [0.717, 1.165) is 51.6 Å². The quantitative estimate of drug-likeness (QED) is 0.476. The van der Waals surface area contributed by atoms with Crippen LogP contribution in [-0.2, 0) is 32.0 Å². The first-order valence-electron chi connectivity index (χ1n) is 6.50. The van der Waals surface area contributed by atoms with E-state index in [0.29, 0.717) is 0 Å². The number of nitrogens with two attached hydrogens (primary N) is 1. The van der Waals surface area contributed by atoms with Crippen LogP contribution in [-0.4, -0.2) is 30.9 Å². The Morgan fingerprint density at radius 2 is 1.61 bits per heavy atom. The zero-order valence-corrected chi connectivity index (χ0v) is 12.8. The maximum Gasteiger partial charge on any atom is 0.236 e. The van der Waals surface area contributed by atoms with Crippen molar-refractivity contribution in [1.29, 1.82) is 0 Å². The monoisotopic (exact) mass is 438 g/mol.